The summed E-state index contributed by atoms with van der Waals surface area (Å²) in [6, 6.07) is 11.0. The minimum atomic E-state index is -0.196. The summed E-state index contributed by atoms with van der Waals surface area (Å²) in [7, 11) is 0. The van der Waals surface area contributed by atoms with Gasteiger partial charge in [-0.05, 0) is 36.2 Å². The molecular formula is C14H13ClN2O. The van der Waals surface area contributed by atoms with Gasteiger partial charge in [-0.15, -0.1) is 0 Å². The van der Waals surface area contributed by atoms with Gasteiger partial charge in [-0.1, -0.05) is 29.8 Å². The molecule has 0 radical (unpaired) electrons. The normalized spacial score (nSPS) is 10.1. The van der Waals surface area contributed by atoms with E-state index in [1.807, 2.05) is 31.2 Å². The van der Waals surface area contributed by atoms with Gasteiger partial charge in [-0.3, -0.25) is 9.78 Å². The Hall–Kier alpha value is -1.87. The molecule has 0 spiro atoms. The zero-order valence-electron chi connectivity index (χ0n) is 9.98. The lowest BCUT2D eigenvalue weighted by Crippen LogP contribution is -2.23. The monoisotopic (exact) mass is 260 g/mol. The maximum atomic E-state index is 11.9. The number of carbonyl (C=O) groups excluding carboxylic acids is 1. The third-order valence-electron chi connectivity index (χ3n) is 2.55. The number of pyridine rings is 1. The van der Waals surface area contributed by atoms with Gasteiger partial charge in [0.05, 0.1) is 0 Å². The second-order valence-electron chi connectivity index (χ2n) is 3.99. The van der Waals surface area contributed by atoms with Gasteiger partial charge in [-0.2, -0.15) is 0 Å². The number of hydrogen-bond acceptors (Lipinski definition) is 2. The van der Waals surface area contributed by atoms with Crippen molar-refractivity contribution in [1.29, 1.82) is 0 Å². The van der Waals surface area contributed by atoms with Crippen LogP contribution in [0.5, 0.6) is 0 Å². The molecule has 0 aliphatic carbocycles. The smallest absolute Gasteiger partial charge is 0.270 e. The van der Waals surface area contributed by atoms with Crippen LogP contribution in [0.1, 0.15) is 21.6 Å². The molecule has 0 saturated heterocycles. The summed E-state index contributed by atoms with van der Waals surface area (Å²) >= 11 is 6.01. The van der Waals surface area contributed by atoms with E-state index in [2.05, 4.69) is 10.3 Å². The first kappa shape index (κ1) is 12.6. The van der Waals surface area contributed by atoms with E-state index in [0.29, 0.717) is 17.3 Å². The number of amides is 1. The largest absolute Gasteiger partial charge is 0.347 e. The van der Waals surface area contributed by atoms with Gasteiger partial charge in [0.2, 0.25) is 0 Å². The van der Waals surface area contributed by atoms with Crippen LogP contribution >= 0.6 is 11.6 Å². The molecule has 0 bridgehead atoms. The lowest BCUT2D eigenvalue weighted by atomic mass is 10.2. The van der Waals surface area contributed by atoms with Crippen molar-refractivity contribution in [3.8, 4) is 0 Å². The molecule has 0 saturated carbocycles. The van der Waals surface area contributed by atoms with Crippen molar-refractivity contribution in [1.82, 2.24) is 10.3 Å². The van der Waals surface area contributed by atoms with Gasteiger partial charge in [0.1, 0.15) is 5.69 Å². The fourth-order valence-corrected chi connectivity index (χ4v) is 1.77. The minimum absolute atomic E-state index is 0.196. The highest BCUT2D eigenvalue weighted by atomic mass is 35.5. The van der Waals surface area contributed by atoms with Gasteiger partial charge in [0, 0.05) is 17.8 Å². The molecule has 4 heteroatoms. The molecule has 2 rings (SSSR count). The molecule has 92 valence electrons. The van der Waals surface area contributed by atoms with Crippen LogP contribution in [0.4, 0.5) is 0 Å². The Morgan fingerprint density at radius 3 is 2.83 bits per heavy atom. The highest BCUT2D eigenvalue weighted by Gasteiger charge is 2.07. The maximum absolute atomic E-state index is 11.9. The van der Waals surface area contributed by atoms with E-state index in [1.165, 1.54) is 0 Å². The number of rotatable bonds is 3. The number of carbonyl (C=O) groups is 1. The molecule has 0 unspecified atom stereocenters. The molecule has 1 N–H and O–H groups in total. The van der Waals surface area contributed by atoms with E-state index in [-0.39, 0.29) is 5.91 Å². The number of benzene rings is 1. The first-order valence-electron chi connectivity index (χ1n) is 5.61. The Balaban J connectivity index is 2.03. The number of nitrogens with zero attached hydrogens (tertiary/aromatic N) is 1. The molecule has 0 atom stereocenters. The van der Waals surface area contributed by atoms with Crippen molar-refractivity contribution in [2.45, 2.75) is 13.5 Å². The predicted octanol–water partition coefficient (Wildman–Crippen LogP) is 2.97. The second-order valence-corrected chi connectivity index (χ2v) is 4.40. The fraction of sp³-hybridized carbons (Fsp3) is 0.143. The zero-order chi connectivity index (χ0) is 13.0. The third kappa shape index (κ3) is 3.08. The number of nitrogens with one attached hydrogen (secondary N) is 1. The van der Waals surface area contributed by atoms with Crippen molar-refractivity contribution in [2.75, 3.05) is 0 Å². The van der Waals surface area contributed by atoms with E-state index < -0.39 is 0 Å². The molecule has 2 aromatic rings. The van der Waals surface area contributed by atoms with Crippen LogP contribution in [0, 0.1) is 6.92 Å². The van der Waals surface area contributed by atoms with Crippen LogP contribution in [0.25, 0.3) is 0 Å². The van der Waals surface area contributed by atoms with Gasteiger partial charge < -0.3 is 5.32 Å². The molecule has 1 heterocycles. The van der Waals surface area contributed by atoms with Crippen molar-refractivity contribution in [3.63, 3.8) is 0 Å². The van der Waals surface area contributed by atoms with E-state index in [4.69, 9.17) is 11.6 Å². The summed E-state index contributed by atoms with van der Waals surface area (Å²) in [6.45, 7) is 2.32. The summed E-state index contributed by atoms with van der Waals surface area (Å²) in [6.07, 6.45) is 1.62. The standard InChI is InChI=1S/C14H13ClN2O/c1-10-6-7-16-13(8-10)14(18)17-9-11-4-2-3-5-12(11)15/h2-8H,9H2,1H3,(H,17,18). The summed E-state index contributed by atoms with van der Waals surface area (Å²) in [5.74, 6) is -0.196. The number of halogens is 1. The quantitative estimate of drug-likeness (QED) is 0.922. The van der Waals surface area contributed by atoms with Crippen molar-refractivity contribution in [3.05, 3.63) is 64.4 Å². The van der Waals surface area contributed by atoms with Crippen molar-refractivity contribution in [2.24, 2.45) is 0 Å². The molecule has 0 fully saturated rings. The summed E-state index contributed by atoms with van der Waals surface area (Å²) < 4.78 is 0. The van der Waals surface area contributed by atoms with E-state index in [9.17, 15) is 4.79 Å². The number of hydrogen-bond donors (Lipinski definition) is 1. The molecule has 1 aromatic carbocycles. The molecule has 3 nitrogen and oxygen atoms in total. The van der Waals surface area contributed by atoms with E-state index >= 15 is 0 Å². The third-order valence-corrected chi connectivity index (χ3v) is 2.91. The van der Waals surface area contributed by atoms with Crippen LogP contribution in [0.15, 0.2) is 42.6 Å². The Morgan fingerprint density at radius 2 is 2.11 bits per heavy atom. The van der Waals surface area contributed by atoms with Crippen LogP contribution < -0.4 is 5.32 Å². The Morgan fingerprint density at radius 1 is 1.33 bits per heavy atom. The fourth-order valence-electron chi connectivity index (χ4n) is 1.57. The van der Waals surface area contributed by atoms with Crippen molar-refractivity contribution >= 4 is 17.5 Å². The molecule has 18 heavy (non-hydrogen) atoms. The molecule has 1 aromatic heterocycles. The molecule has 0 aliphatic heterocycles. The highest BCUT2D eigenvalue weighted by molar-refractivity contribution is 6.31. The number of aryl methyl sites for hydroxylation is 1. The average Bonchev–Trinajstić information content (AvgIpc) is 2.37. The molecule has 1 amide bonds. The summed E-state index contributed by atoms with van der Waals surface area (Å²) in [4.78, 5) is 15.9. The maximum Gasteiger partial charge on any atom is 0.270 e. The average molecular weight is 261 g/mol. The van der Waals surface area contributed by atoms with Crippen LogP contribution in [-0.4, -0.2) is 10.9 Å². The predicted molar refractivity (Wildman–Crippen MR) is 71.6 cm³/mol. The van der Waals surface area contributed by atoms with Crippen LogP contribution in [-0.2, 0) is 6.54 Å². The second kappa shape index (κ2) is 5.65. The first-order valence-corrected chi connectivity index (χ1v) is 5.99. The van der Waals surface area contributed by atoms with Gasteiger partial charge in [0.15, 0.2) is 0 Å². The van der Waals surface area contributed by atoms with E-state index in [1.54, 1.807) is 18.3 Å². The van der Waals surface area contributed by atoms with E-state index in [0.717, 1.165) is 11.1 Å². The molecular weight excluding hydrogens is 248 g/mol. The lowest BCUT2D eigenvalue weighted by molar-refractivity contribution is 0.0946. The van der Waals surface area contributed by atoms with Gasteiger partial charge >= 0.3 is 0 Å². The topological polar surface area (TPSA) is 42.0 Å². The summed E-state index contributed by atoms with van der Waals surface area (Å²) in [5.41, 5.74) is 2.31. The zero-order valence-corrected chi connectivity index (χ0v) is 10.7. The Labute approximate surface area is 111 Å². The number of aromatic nitrogens is 1. The van der Waals surface area contributed by atoms with Gasteiger partial charge in [-0.25, -0.2) is 0 Å². The van der Waals surface area contributed by atoms with Crippen LogP contribution in [0.2, 0.25) is 5.02 Å². The summed E-state index contributed by atoms with van der Waals surface area (Å²) in [5, 5.41) is 3.45. The van der Waals surface area contributed by atoms with Gasteiger partial charge in [0.25, 0.3) is 5.91 Å². The lowest BCUT2D eigenvalue weighted by Gasteiger charge is -2.06. The first-order chi connectivity index (χ1) is 8.66. The SMILES string of the molecule is Cc1ccnc(C(=O)NCc2ccccc2Cl)c1. The minimum Gasteiger partial charge on any atom is -0.347 e. The Bertz CT molecular complexity index is 569. The Kier molecular flexibility index (Phi) is 3.95. The van der Waals surface area contributed by atoms with Crippen molar-refractivity contribution < 1.29 is 4.79 Å². The highest BCUT2D eigenvalue weighted by Crippen LogP contribution is 2.14. The van der Waals surface area contributed by atoms with Crippen LogP contribution in [0.3, 0.4) is 0 Å². The molecule has 0 aliphatic rings.